The molecule has 2 aliphatic carbocycles. The second kappa shape index (κ2) is 7.99. The van der Waals surface area contributed by atoms with Gasteiger partial charge in [-0.3, -0.25) is 0 Å². The van der Waals surface area contributed by atoms with Crippen LogP contribution >= 0.6 is 0 Å². The minimum atomic E-state index is 0.225. The van der Waals surface area contributed by atoms with E-state index in [-0.39, 0.29) is 6.71 Å². The molecule has 0 nitrogen and oxygen atoms in total. The van der Waals surface area contributed by atoms with Crippen LogP contribution in [0.3, 0.4) is 0 Å². The summed E-state index contributed by atoms with van der Waals surface area (Å²) in [6, 6.07) is 31.3. The molecule has 0 saturated carbocycles. The molecule has 0 N–H and O–H groups in total. The predicted octanol–water partition coefficient (Wildman–Crippen LogP) is 6.47. The number of fused-ring (bicyclic) bond motifs is 3. The predicted molar refractivity (Wildman–Crippen MR) is 140 cm³/mol. The molecule has 1 heteroatoms. The van der Waals surface area contributed by atoms with E-state index in [0.717, 1.165) is 0 Å². The van der Waals surface area contributed by atoms with Crippen molar-refractivity contribution in [1.29, 1.82) is 0 Å². The average molecular weight is 410 g/mol. The highest BCUT2D eigenvalue weighted by atomic mass is 14.3. The molecule has 154 valence electrons. The fourth-order valence-corrected chi connectivity index (χ4v) is 5.90. The number of hydrogen-bond acceptors (Lipinski definition) is 0. The Labute approximate surface area is 191 Å². The molecule has 0 amide bonds. The maximum absolute atomic E-state index is 2.48. The summed E-state index contributed by atoms with van der Waals surface area (Å²) < 4.78 is 0. The molecule has 2 aliphatic rings. The van der Waals surface area contributed by atoms with Gasteiger partial charge in [-0.05, 0) is 45.7 Å². The molecular weight excluding hydrogens is 383 g/mol. The Hall–Kier alpha value is -3.32. The van der Waals surface area contributed by atoms with Gasteiger partial charge in [0.15, 0.2) is 0 Å². The molecule has 32 heavy (non-hydrogen) atoms. The summed E-state index contributed by atoms with van der Waals surface area (Å²) in [5.74, 6) is 1.69. The number of allylic oxidation sites excluding steroid dienone is 6. The van der Waals surface area contributed by atoms with E-state index < -0.39 is 0 Å². The van der Waals surface area contributed by atoms with Crippen molar-refractivity contribution in [3.63, 3.8) is 0 Å². The molecule has 0 spiro atoms. The molecule has 4 aromatic carbocycles. The number of rotatable bonds is 3. The van der Waals surface area contributed by atoms with Crippen LogP contribution in [0.15, 0.2) is 121 Å². The quantitative estimate of drug-likeness (QED) is 0.268. The van der Waals surface area contributed by atoms with Crippen LogP contribution in [0.25, 0.3) is 21.5 Å². The van der Waals surface area contributed by atoms with E-state index in [2.05, 4.69) is 122 Å². The van der Waals surface area contributed by atoms with Gasteiger partial charge in [0.2, 0.25) is 6.71 Å². The number of benzene rings is 4. The molecule has 0 aliphatic heterocycles. The van der Waals surface area contributed by atoms with Crippen molar-refractivity contribution in [2.45, 2.75) is 13.3 Å². The largest absolute Gasteiger partial charge is 0.239 e. The molecule has 0 saturated heterocycles. The van der Waals surface area contributed by atoms with Crippen LogP contribution in [-0.2, 0) is 0 Å². The van der Waals surface area contributed by atoms with E-state index in [1.807, 2.05) is 0 Å². The molecular formula is C31H27B. The lowest BCUT2D eigenvalue weighted by atomic mass is 9.32. The lowest BCUT2D eigenvalue weighted by molar-refractivity contribution is 0.420. The van der Waals surface area contributed by atoms with Gasteiger partial charge in [0, 0.05) is 0 Å². The zero-order chi connectivity index (χ0) is 21.5. The minimum absolute atomic E-state index is 0.225. The van der Waals surface area contributed by atoms with Crippen LogP contribution in [0.4, 0.5) is 0 Å². The maximum atomic E-state index is 2.48. The van der Waals surface area contributed by atoms with Gasteiger partial charge >= 0.3 is 0 Å². The Morgan fingerprint density at radius 2 is 1.25 bits per heavy atom. The van der Waals surface area contributed by atoms with E-state index in [1.54, 1.807) is 0 Å². The van der Waals surface area contributed by atoms with Gasteiger partial charge in [-0.2, -0.15) is 0 Å². The van der Waals surface area contributed by atoms with E-state index in [4.69, 9.17) is 0 Å². The topological polar surface area (TPSA) is 0 Å². The molecule has 0 radical (unpaired) electrons. The van der Waals surface area contributed by atoms with Crippen LogP contribution in [-0.4, -0.2) is 6.71 Å². The summed E-state index contributed by atoms with van der Waals surface area (Å²) >= 11 is 0. The van der Waals surface area contributed by atoms with Gasteiger partial charge in [0.25, 0.3) is 0 Å². The van der Waals surface area contributed by atoms with Gasteiger partial charge < -0.3 is 0 Å². The normalized spacial score (nSPS) is 22.0. The third kappa shape index (κ3) is 3.24. The molecule has 6 rings (SSSR count). The standard InChI is InChI=1S/C31H27B/c1-22-19-20-28-25(21-22)13-8-18-31(28)32(29-16-6-11-23-9-2-4-14-26(23)29)30-17-7-12-24-10-3-5-15-27(24)30/h2-20,22,25,28H,21H2,1H3. The summed E-state index contributed by atoms with van der Waals surface area (Å²) in [7, 11) is 0. The Morgan fingerprint density at radius 1 is 0.656 bits per heavy atom. The highest BCUT2D eigenvalue weighted by Crippen LogP contribution is 2.38. The van der Waals surface area contributed by atoms with Crippen LogP contribution in [0.1, 0.15) is 13.3 Å². The lowest BCUT2D eigenvalue weighted by Gasteiger charge is -2.36. The Bertz CT molecular complexity index is 1300. The summed E-state index contributed by atoms with van der Waals surface area (Å²) in [5, 5.41) is 5.33. The van der Waals surface area contributed by atoms with Crippen molar-refractivity contribution in [1.82, 2.24) is 0 Å². The molecule has 0 fully saturated rings. The van der Waals surface area contributed by atoms with Gasteiger partial charge in [0.05, 0.1) is 0 Å². The zero-order valence-corrected chi connectivity index (χ0v) is 18.5. The highest BCUT2D eigenvalue weighted by Gasteiger charge is 2.36. The molecule has 0 heterocycles. The SMILES string of the molecule is CC1C=CC2C(B(c3cccc4ccccc34)c3cccc4ccccc34)=CC=CC2C1. The Morgan fingerprint density at radius 3 is 1.91 bits per heavy atom. The number of hydrogen-bond donors (Lipinski definition) is 0. The zero-order valence-electron chi connectivity index (χ0n) is 18.5. The fraction of sp³-hybridized carbons (Fsp3) is 0.161. The summed E-state index contributed by atoms with van der Waals surface area (Å²) in [5.41, 5.74) is 4.34. The van der Waals surface area contributed by atoms with Crippen molar-refractivity contribution in [3.05, 3.63) is 121 Å². The summed E-state index contributed by atoms with van der Waals surface area (Å²) in [6.45, 7) is 2.56. The lowest BCUT2D eigenvalue weighted by Crippen LogP contribution is -2.48. The second-order valence-electron chi connectivity index (χ2n) is 9.41. The first-order chi connectivity index (χ1) is 15.8. The molecule has 3 atom stereocenters. The van der Waals surface area contributed by atoms with Crippen molar-refractivity contribution < 1.29 is 0 Å². The van der Waals surface area contributed by atoms with Crippen molar-refractivity contribution >= 4 is 39.2 Å². The second-order valence-corrected chi connectivity index (χ2v) is 9.41. The Balaban J connectivity index is 1.63. The minimum Gasteiger partial charge on any atom is -0.0851 e. The van der Waals surface area contributed by atoms with Crippen LogP contribution in [0, 0.1) is 17.8 Å². The van der Waals surface area contributed by atoms with Crippen LogP contribution < -0.4 is 10.9 Å². The van der Waals surface area contributed by atoms with E-state index in [9.17, 15) is 0 Å². The van der Waals surface area contributed by atoms with E-state index in [1.165, 1.54) is 44.4 Å². The van der Waals surface area contributed by atoms with Crippen molar-refractivity contribution in [2.75, 3.05) is 0 Å². The first kappa shape index (κ1) is 19.4. The first-order valence-electron chi connectivity index (χ1n) is 11.8. The third-order valence-electron chi connectivity index (χ3n) is 7.39. The van der Waals surface area contributed by atoms with Crippen LogP contribution in [0.2, 0.25) is 0 Å². The van der Waals surface area contributed by atoms with Crippen molar-refractivity contribution in [2.24, 2.45) is 17.8 Å². The van der Waals surface area contributed by atoms with Gasteiger partial charge in [-0.15, -0.1) is 0 Å². The molecule has 0 aromatic heterocycles. The smallest absolute Gasteiger partial charge is 0.0851 e. The maximum Gasteiger partial charge on any atom is 0.239 e. The van der Waals surface area contributed by atoms with Gasteiger partial charge in [-0.25, -0.2) is 0 Å². The van der Waals surface area contributed by atoms with E-state index in [0.29, 0.717) is 17.8 Å². The van der Waals surface area contributed by atoms with Crippen molar-refractivity contribution in [3.8, 4) is 0 Å². The van der Waals surface area contributed by atoms with Gasteiger partial charge in [0.1, 0.15) is 0 Å². The van der Waals surface area contributed by atoms with E-state index >= 15 is 0 Å². The molecule has 4 aromatic rings. The fourth-order valence-electron chi connectivity index (χ4n) is 5.90. The van der Waals surface area contributed by atoms with Crippen LogP contribution in [0.5, 0.6) is 0 Å². The third-order valence-corrected chi connectivity index (χ3v) is 7.39. The monoisotopic (exact) mass is 410 g/mol. The average Bonchev–Trinajstić information content (AvgIpc) is 2.84. The summed E-state index contributed by atoms with van der Waals surface area (Å²) in [6.07, 6.45) is 13.3. The molecule has 0 bridgehead atoms. The molecule has 3 unspecified atom stereocenters. The Kier molecular flexibility index (Phi) is 4.84. The summed E-state index contributed by atoms with van der Waals surface area (Å²) in [4.78, 5) is 0. The highest BCUT2D eigenvalue weighted by molar-refractivity contribution is 6.94. The first-order valence-corrected chi connectivity index (χ1v) is 11.8. The van der Waals surface area contributed by atoms with Gasteiger partial charge in [-0.1, -0.05) is 139 Å².